The largest absolute Gasteiger partial charge is 0.481 e. The van der Waals surface area contributed by atoms with E-state index in [0.717, 1.165) is 22.0 Å². The first kappa shape index (κ1) is 20.1. The first-order valence-electron chi connectivity index (χ1n) is 10.4. The average Bonchev–Trinajstić information content (AvgIpc) is 3.51. The summed E-state index contributed by atoms with van der Waals surface area (Å²) in [6.45, 7) is 0.458. The summed E-state index contributed by atoms with van der Waals surface area (Å²) in [4.78, 5) is 32.0. The maximum Gasteiger partial charge on any atom is 0.273 e. The number of aromatic nitrogens is 4. The van der Waals surface area contributed by atoms with Crippen molar-refractivity contribution >= 4 is 16.7 Å². The Labute approximate surface area is 185 Å². The number of H-pyrrole nitrogens is 1. The van der Waals surface area contributed by atoms with Gasteiger partial charge in [-0.3, -0.25) is 9.78 Å². The highest BCUT2D eigenvalue weighted by molar-refractivity contribution is 5.98. The number of nitrogens with one attached hydrogen (secondary N) is 1. The molecule has 1 aromatic carbocycles. The lowest BCUT2D eigenvalue weighted by Gasteiger charge is -2.23. The number of pyridine rings is 2. The molecular weight excluding hydrogens is 406 g/mol. The van der Waals surface area contributed by atoms with Gasteiger partial charge in [0.15, 0.2) is 0 Å². The van der Waals surface area contributed by atoms with Crippen molar-refractivity contribution in [2.45, 2.75) is 18.6 Å². The molecule has 1 saturated heterocycles. The van der Waals surface area contributed by atoms with E-state index in [-0.39, 0.29) is 18.1 Å². The Morgan fingerprint density at radius 1 is 1.16 bits per heavy atom. The van der Waals surface area contributed by atoms with Gasteiger partial charge < -0.3 is 19.4 Å². The number of rotatable bonds is 5. The molecule has 0 saturated carbocycles. The summed E-state index contributed by atoms with van der Waals surface area (Å²) in [7, 11) is 3.22. The number of nitrogens with zero attached hydrogens (tertiary/aromatic N) is 4. The van der Waals surface area contributed by atoms with Crippen LogP contribution in [0.2, 0.25) is 0 Å². The normalized spacial score (nSPS) is 18.2. The SMILES string of the molecule is COc1nc(C(=O)N2C[C@H](OC)C[C@H]2c2ncc(-c3cccnc3)[nH]2)cc2ccccc12. The Morgan fingerprint density at radius 2 is 2.03 bits per heavy atom. The molecule has 1 aliphatic heterocycles. The van der Waals surface area contributed by atoms with Crippen molar-refractivity contribution in [2.75, 3.05) is 20.8 Å². The summed E-state index contributed by atoms with van der Waals surface area (Å²) in [6.07, 6.45) is 5.84. The smallest absolute Gasteiger partial charge is 0.273 e. The highest BCUT2D eigenvalue weighted by atomic mass is 16.5. The van der Waals surface area contributed by atoms with Crippen LogP contribution in [0.3, 0.4) is 0 Å². The Balaban J connectivity index is 1.50. The number of benzene rings is 1. The van der Waals surface area contributed by atoms with E-state index in [1.807, 2.05) is 36.4 Å². The molecule has 0 bridgehead atoms. The molecule has 0 spiro atoms. The maximum absolute atomic E-state index is 13.6. The summed E-state index contributed by atoms with van der Waals surface area (Å²) in [5, 5.41) is 1.77. The van der Waals surface area contributed by atoms with Gasteiger partial charge in [-0.25, -0.2) is 9.97 Å². The summed E-state index contributed by atoms with van der Waals surface area (Å²) in [5.74, 6) is 0.963. The van der Waals surface area contributed by atoms with Gasteiger partial charge in [0.05, 0.1) is 31.1 Å². The summed E-state index contributed by atoms with van der Waals surface area (Å²) >= 11 is 0. The number of imidazole rings is 1. The lowest BCUT2D eigenvalue weighted by atomic mass is 10.1. The van der Waals surface area contributed by atoms with Crippen molar-refractivity contribution in [3.05, 3.63) is 72.6 Å². The van der Waals surface area contributed by atoms with Gasteiger partial charge in [0.25, 0.3) is 5.91 Å². The van der Waals surface area contributed by atoms with Gasteiger partial charge in [-0.1, -0.05) is 18.2 Å². The van der Waals surface area contributed by atoms with Gasteiger partial charge in [0.1, 0.15) is 11.5 Å². The number of hydrogen-bond acceptors (Lipinski definition) is 6. The van der Waals surface area contributed by atoms with Gasteiger partial charge in [-0.05, 0) is 29.7 Å². The first-order chi connectivity index (χ1) is 15.7. The zero-order chi connectivity index (χ0) is 22.1. The van der Waals surface area contributed by atoms with E-state index in [1.54, 1.807) is 43.8 Å². The van der Waals surface area contributed by atoms with Crippen molar-refractivity contribution in [3.8, 4) is 17.1 Å². The highest BCUT2D eigenvalue weighted by Gasteiger charge is 2.39. The predicted molar refractivity (Wildman–Crippen MR) is 119 cm³/mol. The third kappa shape index (κ3) is 3.58. The van der Waals surface area contributed by atoms with Crippen LogP contribution in [0.5, 0.6) is 5.88 Å². The Hall–Kier alpha value is -3.78. The second-order valence-corrected chi connectivity index (χ2v) is 7.73. The maximum atomic E-state index is 13.6. The third-order valence-electron chi connectivity index (χ3n) is 5.86. The Bertz CT molecular complexity index is 1260. The lowest BCUT2D eigenvalue weighted by molar-refractivity contribution is 0.0678. The minimum Gasteiger partial charge on any atom is -0.481 e. The van der Waals surface area contributed by atoms with Crippen LogP contribution < -0.4 is 4.74 Å². The molecule has 32 heavy (non-hydrogen) atoms. The number of carbonyl (C=O) groups excluding carboxylic acids is 1. The second kappa shape index (κ2) is 8.39. The zero-order valence-corrected chi connectivity index (χ0v) is 17.9. The van der Waals surface area contributed by atoms with Gasteiger partial charge in [-0.2, -0.15) is 0 Å². The Morgan fingerprint density at radius 3 is 2.81 bits per heavy atom. The lowest BCUT2D eigenvalue weighted by Crippen LogP contribution is -2.33. The molecule has 4 aromatic rings. The minimum atomic E-state index is -0.253. The fraction of sp³-hybridized carbons (Fsp3) is 0.250. The summed E-state index contributed by atoms with van der Waals surface area (Å²) in [5.41, 5.74) is 2.12. The molecule has 1 fully saturated rings. The minimum absolute atomic E-state index is 0.0850. The van der Waals surface area contributed by atoms with Crippen LogP contribution in [0.4, 0.5) is 0 Å². The van der Waals surface area contributed by atoms with Crippen molar-refractivity contribution < 1.29 is 14.3 Å². The fourth-order valence-corrected chi connectivity index (χ4v) is 4.21. The molecule has 1 amide bonds. The monoisotopic (exact) mass is 429 g/mol. The first-order valence-corrected chi connectivity index (χ1v) is 10.4. The van der Waals surface area contributed by atoms with Crippen LogP contribution in [0.25, 0.3) is 22.0 Å². The number of aromatic amines is 1. The van der Waals surface area contributed by atoms with E-state index in [4.69, 9.17) is 9.47 Å². The van der Waals surface area contributed by atoms with E-state index >= 15 is 0 Å². The molecule has 8 nitrogen and oxygen atoms in total. The number of hydrogen-bond donors (Lipinski definition) is 1. The molecule has 1 N–H and O–H groups in total. The van der Waals surface area contributed by atoms with E-state index < -0.39 is 0 Å². The molecule has 1 aliphatic rings. The van der Waals surface area contributed by atoms with Crippen LogP contribution in [0.15, 0.2) is 61.1 Å². The number of amides is 1. The molecule has 5 rings (SSSR count). The average molecular weight is 429 g/mol. The molecule has 8 heteroatoms. The van der Waals surface area contributed by atoms with Gasteiger partial charge >= 0.3 is 0 Å². The van der Waals surface area contributed by atoms with Crippen LogP contribution in [-0.4, -0.2) is 57.6 Å². The molecule has 0 unspecified atom stereocenters. The van der Waals surface area contributed by atoms with Crippen molar-refractivity contribution in [3.63, 3.8) is 0 Å². The van der Waals surface area contributed by atoms with Crippen molar-refractivity contribution in [2.24, 2.45) is 0 Å². The second-order valence-electron chi connectivity index (χ2n) is 7.73. The zero-order valence-electron chi connectivity index (χ0n) is 17.9. The molecule has 0 aliphatic carbocycles. The number of likely N-dealkylation sites (tertiary alicyclic amines) is 1. The topological polar surface area (TPSA) is 93.2 Å². The molecule has 162 valence electrons. The number of methoxy groups -OCH3 is 2. The third-order valence-corrected chi connectivity index (χ3v) is 5.86. The predicted octanol–water partition coefficient (Wildman–Crippen LogP) is 3.63. The van der Waals surface area contributed by atoms with Gasteiger partial charge in [0.2, 0.25) is 5.88 Å². The molecule has 2 atom stereocenters. The van der Waals surface area contributed by atoms with E-state index in [1.165, 1.54) is 0 Å². The number of carbonyl (C=O) groups is 1. The van der Waals surface area contributed by atoms with Crippen LogP contribution in [-0.2, 0) is 4.74 Å². The van der Waals surface area contributed by atoms with E-state index in [2.05, 4.69) is 19.9 Å². The van der Waals surface area contributed by atoms with Crippen molar-refractivity contribution in [1.82, 2.24) is 24.8 Å². The quantitative estimate of drug-likeness (QED) is 0.521. The molecule has 0 radical (unpaired) electrons. The fourth-order valence-electron chi connectivity index (χ4n) is 4.21. The van der Waals surface area contributed by atoms with Crippen molar-refractivity contribution in [1.29, 1.82) is 0 Å². The van der Waals surface area contributed by atoms with Crippen LogP contribution >= 0.6 is 0 Å². The number of ether oxygens (including phenoxy) is 2. The standard InChI is InChI=1S/C24H23N5O3/c1-31-17-11-21(22-26-13-20(27-22)16-7-5-9-25-12-16)29(14-17)24(30)19-10-15-6-3-4-8-18(15)23(28-19)32-2/h3-10,12-13,17,21H,11,14H2,1-2H3,(H,26,27)/t17-,21+/m1/s1. The van der Waals surface area contributed by atoms with E-state index in [9.17, 15) is 4.79 Å². The van der Waals surface area contributed by atoms with Gasteiger partial charge in [0, 0.05) is 43.4 Å². The highest BCUT2D eigenvalue weighted by Crippen LogP contribution is 2.35. The van der Waals surface area contributed by atoms with E-state index in [0.29, 0.717) is 30.4 Å². The Kier molecular flexibility index (Phi) is 5.28. The summed E-state index contributed by atoms with van der Waals surface area (Å²) in [6, 6.07) is 13.1. The molecule has 3 aromatic heterocycles. The molecular formula is C24H23N5O3. The summed E-state index contributed by atoms with van der Waals surface area (Å²) < 4.78 is 11.1. The molecule has 4 heterocycles. The van der Waals surface area contributed by atoms with Gasteiger partial charge in [-0.15, -0.1) is 0 Å². The van der Waals surface area contributed by atoms with Crippen LogP contribution in [0, 0.1) is 0 Å². The van der Waals surface area contributed by atoms with Crippen LogP contribution in [0.1, 0.15) is 28.8 Å². The number of fused-ring (bicyclic) bond motifs is 1.